The second-order valence-electron chi connectivity index (χ2n) is 4.78. The first kappa shape index (κ1) is 15.8. The van der Waals surface area contributed by atoms with E-state index in [1.54, 1.807) is 0 Å². The quantitative estimate of drug-likeness (QED) is 0.748. The highest BCUT2D eigenvalue weighted by Crippen LogP contribution is 2.23. The van der Waals surface area contributed by atoms with Crippen molar-refractivity contribution >= 4 is 23.2 Å². The number of halogens is 1. The number of unbranched alkanes of at least 4 members (excludes halogenated alkanes) is 2. The van der Waals surface area contributed by atoms with Crippen LogP contribution >= 0.6 is 11.6 Å². The minimum atomic E-state index is -0.265. The van der Waals surface area contributed by atoms with Gasteiger partial charge < -0.3 is 10.6 Å². The van der Waals surface area contributed by atoms with Crippen LogP contribution in [0.2, 0.25) is 5.02 Å². The average molecular weight is 283 g/mol. The van der Waals surface area contributed by atoms with Crippen molar-refractivity contribution in [3.8, 4) is 0 Å². The van der Waals surface area contributed by atoms with Crippen molar-refractivity contribution in [2.24, 2.45) is 0 Å². The van der Waals surface area contributed by atoms with Gasteiger partial charge in [0.1, 0.15) is 6.04 Å². The molecule has 1 rings (SSSR count). The molecule has 1 aromatic carbocycles. The van der Waals surface area contributed by atoms with Gasteiger partial charge in [-0.2, -0.15) is 0 Å². The van der Waals surface area contributed by atoms with Gasteiger partial charge in [0.25, 0.3) is 0 Å². The lowest BCUT2D eigenvalue weighted by Crippen LogP contribution is -2.38. The van der Waals surface area contributed by atoms with Crippen molar-refractivity contribution in [3.63, 3.8) is 0 Å². The van der Waals surface area contributed by atoms with Crippen LogP contribution in [0.3, 0.4) is 0 Å². The number of benzene rings is 1. The predicted molar refractivity (Wildman–Crippen MR) is 81.8 cm³/mol. The Morgan fingerprint density at radius 2 is 2.11 bits per heavy atom. The molecule has 0 aromatic heterocycles. The number of carbonyl (C=O) groups excluding carboxylic acids is 1. The second-order valence-corrected chi connectivity index (χ2v) is 5.18. The van der Waals surface area contributed by atoms with Crippen molar-refractivity contribution in [1.82, 2.24) is 5.32 Å². The molecular weight excluding hydrogens is 260 g/mol. The molecule has 0 saturated carbocycles. The van der Waals surface area contributed by atoms with Gasteiger partial charge in [-0.3, -0.25) is 4.79 Å². The lowest BCUT2D eigenvalue weighted by molar-refractivity contribution is -0.121. The van der Waals surface area contributed by atoms with Crippen LogP contribution in [0.4, 0.5) is 5.69 Å². The third kappa shape index (κ3) is 5.11. The van der Waals surface area contributed by atoms with Crippen molar-refractivity contribution in [2.75, 3.05) is 11.9 Å². The van der Waals surface area contributed by atoms with Crippen LogP contribution in [0.5, 0.6) is 0 Å². The van der Waals surface area contributed by atoms with E-state index in [2.05, 4.69) is 17.6 Å². The summed E-state index contributed by atoms with van der Waals surface area (Å²) in [7, 11) is 0. The van der Waals surface area contributed by atoms with Crippen LogP contribution in [0.1, 0.15) is 38.7 Å². The monoisotopic (exact) mass is 282 g/mol. The molecule has 1 amide bonds. The normalized spacial score (nSPS) is 12.0. The summed E-state index contributed by atoms with van der Waals surface area (Å²) in [5, 5.41) is 6.84. The molecule has 0 spiro atoms. The molecule has 0 saturated heterocycles. The van der Waals surface area contributed by atoms with E-state index < -0.39 is 0 Å². The lowest BCUT2D eigenvalue weighted by Gasteiger charge is -2.17. The molecule has 0 fully saturated rings. The molecule has 2 N–H and O–H groups in total. The molecule has 1 aromatic rings. The fourth-order valence-electron chi connectivity index (χ4n) is 1.80. The Morgan fingerprint density at radius 1 is 1.37 bits per heavy atom. The zero-order valence-electron chi connectivity index (χ0n) is 11.9. The zero-order chi connectivity index (χ0) is 14.3. The third-order valence-corrected chi connectivity index (χ3v) is 3.52. The fourth-order valence-corrected chi connectivity index (χ4v) is 1.98. The number of rotatable bonds is 7. The summed E-state index contributed by atoms with van der Waals surface area (Å²) in [6.45, 7) is 6.69. The molecule has 0 bridgehead atoms. The molecule has 0 aliphatic carbocycles. The van der Waals surface area contributed by atoms with Crippen LogP contribution in [0, 0.1) is 6.92 Å². The molecule has 1 atom stereocenters. The highest BCUT2D eigenvalue weighted by atomic mass is 35.5. The zero-order valence-corrected chi connectivity index (χ0v) is 12.7. The van der Waals surface area contributed by atoms with Crippen LogP contribution in [0.15, 0.2) is 18.2 Å². The van der Waals surface area contributed by atoms with Gasteiger partial charge in [-0.05, 0) is 38.0 Å². The molecular formula is C15H23ClN2O. The summed E-state index contributed by atoms with van der Waals surface area (Å²) in [6.07, 6.45) is 3.34. The molecule has 0 aliphatic heterocycles. The maximum atomic E-state index is 11.9. The Kier molecular flexibility index (Phi) is 6.71. The van der Waals surface area contributed by atoms with Crippen molar-refractivity contribution in [2.45, 2.75) is 46.1 Å². The van der Waals surface area contributed by atoms with Crippen molar-refractivity contribution in [3.05, 3.63) is 28.8 Å². The van der Waals surface area contributed by atoms with Gasteiger partial charge >= 0.3 is 0 Å². The van der Waals surface area contributed by atoms with Gasteiger partial charge in [-0.25, -0.2) is 0 Å². The van der Waals surface area contributed by atoms with Crippen molar-refractivity contribution in [1.29, 1.82) is 0 Å². The molecule has 1 unspecified atom stereocenters. The van der Waals surface area contributed by atoms with Gasteiger partial charge in [0.15, 0.2) is 0 Å². The maximum absolute atomic E-state index is 11.9. The summed E-state index contributed by atoms with van der Waals surface area (Å²) in [4.78, 5) is 11.9. The van der Waals surface area contributed by atoms with Gasteiger partial charge in [0.2, 0.25) is 5.91 Å². The van der Waals surface area contributed by atoms with E-state index >= 15 is 0 Å². The molecule has 0 radical (unpaired) electrons. The number of hydrogen-bond donors (Lipinski definition) is 2. The topological polar surface area (TPSA) is 41.1 Å². The number of amides is 1. The van der Waals surface area contributed by atoms with E-state index in [9.17, 15) is 4.79 Å². The Balaban J connectivity index is 2.47. The van der Waals surface area contributed by atoms with Crippen LogP contribution in [-0.4, -0.2) is 18.5 Å². The first-order chi connectivity index (χ1) is 9.06. The molecule has 3 nitrogen and oxygen atoms in total. The molecule has 19 heavy (non-hydrogen) atoms. The van der Waals surface area contributed by atoms with Gasteiger partial charge in [0.05, 0.1) is 0 Å². The van der Waals surface area contributed by atoms with Gasteiger partial charge in [0, 0.05) is 17.3 Å². The Labute approximate surface area is 120 Å². The van der Waals surface area contributed by atoms with E-state index in [1.807, 2.05) is 32.0 Å². The second kappa shape index (κ2) is 8.05. The van der Waals surface area contributed by atoms with Crippen molar-refractivity contribution < 1.29 is 4.79 Å². The molecule has 0 heterocycles. The summed E-state index contributed by atoms with van der Waals surface area (Å²) >= 11 is 6.05. The molecule has 106 valence electrons. The molecule has 0 aliphatic rings. The largest absolute Gasteiger partial charge is 0.374 e. The minimum Gasteiger partial charge on any atom is -0.374 e. The first-order valence-corrected chi connectivity index (χ1v) is 7.23. The predicted octanol–water partition coefficient (Wildman–Crippen LogP) is 3.76. The Bertz CT molecular complexity index is 421. The number of carbonyl (C=O) groups is 1. The van der Waals surface area contributed by atoms with E-state index in [-0.39, 0.29) is 11.9 Å². The fraction of sp³-hybridized carbons (Fsp3) is 0.533. The van der Waals surface area contributed by atoms with E-state index in [4.69, 9.17) is 11.6 Å². The van der Waals surface area contributed by atoms with E-state index in [1.165, 1.54) is 0 Å². The number of anilines is 1. The first-order valence-electron chi connectivity index (χ1n) is 6.85. The highest BCUT2D eigenvalue weighted by molar-refractivity contribution is 6.31. The summed E-state index contributed by atoms with van der Waals surface area (Å²) in [6, 6.07) is 5.39. The smallest absolute Gasteiger partial charge is 0.242 e. The maximum Gasteiger partial charge on any atom is 0.242 e. The summed E-state index contributed by atoms with van der Waals surface area (Å²) in [5.41, 5.74) is 1.87. The highest BCUT2D eigenvalue weighted by Gasteiger charge is 2.13. The Hall–Kier alpha value is -1.22. The Morgan fingerprint density at radius 3 is 2.79 bits per heavy atom. The van der Waals surface area contributed by atoms with Gasteiger partial charge in [-0.1, -0.05) is 37.4 Å². The van der Waals surface area contributed by atoms with Crippen LogP contribution in [0.25, 0.3) is 0 Å². The minimum absolute atomic E-state index is 0.0236. The van der Waals surface area contributed by atoms with Crippen LogP contribution < -0.4 is 10.6 Å². The number of nitrogens with one attached hydrogen (secondary N) is 2. The summed E-state index contributed by atoms with van der Waals surface area (Å²) in [5.74, 6) is 0.0236. The SMILES string of the molecule is CCCCCNC(=O)C(C)Nc1cccc(Cl)c1C. The number of hydrogen-bond acceptors (Lipinski definition) is 2. The van der Waals surface area contributed by atoms with E-state index in [0.29, 0.717) is 5.02 Å². The van der Waals surface area contributed by atoms with E-state index in [0.717, 1.165) is 37.1 Å². The summed E-state index contributed by atoms with van der Waals surface area (Å²) < 4.78 is 0. The van der Waals surface area contributed by atoms with Gasteiger partial charge in [-0.15, -0.1) is 0 Å². The third-order valence-electron chi connectivity index (χ3n) is 3.11. The average Bonchev–Trinajstić information content (AvgIpc) is 2.39. The standard InChI is InChI=1S/C15H23ClN2O/c1-4-5-6-10-17-15(19)12(3)18-14-9-7-8-13(16)11(14)2/h7-9,12,18H,4-6,10H2,1-3H3,(H,17,19). The van der Waals surface area contributed by atoms with Crippen LogP contribution in [-0.2, 0) is 4.79 Å². The lowest BCUT2D eigenvalue weighted by atomic mass is 10.1. The molecule has 4 heteroatoms.